The van der Waals surface area contributed by atoms with E-state index < -0.39 is 18.2 Å². The third kappa shape index (κ3) is 52.2. The predicted molar refractivity (Wildman–Crippen MR) is 305 cm³/mol. The number of carbonyl (C=O) groups is 2. The monoisotopic (exact) mass is 982 g/mol. The van der Waals surface area contributed by atoms with Crippen LogP contribution in [-0.2, 0) is 14.3 Å². The molecule has 6 nitrogen and oxygen atoms in total. The first-order chi connectivity index (χ1) is 34.5. The molecule has 410 valence electrons. The number of allylic oxidation sites excluding steroid dienone is 8. The van der Waals surface area contributed by atoms with E-state index >= 15 is 0 Å². The second-order valence-corrected chi connectivity index (χ2v) is 21.2. The molecule has 0 aromatic heterocycles. The summed E-state index contributed by atoms with van der Waals surface area (Å²) in [6.07, 6.45) is 71.8. The molecule has 0 saturated heterocycles. The fraction of sp³-hybridized carbons (Fsp3) is 0.844. The maximum Gasteiger partial charge on any atom is 0.306 e. The Bertz CT molecular complexity index is 1190. The Kier molecular flexibility index (Phi) is 55.9. The molecule has 6 heteroatoms. The summed E-state index contributed by atoms with van der Waals surface area (Å²) < 4.78 is 5.97. The van der Waals surface area contributed by atoms with Gasteiger partial charge in [-0.15, -0.1) is 0 Å². The van der Waals surface area contributed by atoms with E-state index in [1.54, 1.807) is 0 Å². The van der Waals surface area contributed by atoms with Crippen molar-refractivity contribution in [3.63, 3.8) is 0 Å². The molecule has 1 amide bonds. The molecule has 3 atom stereocenters. The number of amides is 1. The number of nitrogens with one attached hydrogen (secondary N) is 1. The Balaban J connectivity index is 4.58. The Morgan fingerprint density at radius 1 is 0.414 bits per heavy atom. The number of aliphatic hydroxyl groups is 2. The van der Waals surface area contributed by atoms with Crippen LogP contribution in [-0.4, -0.2) is 46.9 Å². The molecule has 0 aliphatic carbocycles. The molecule has 0 rings (SSSR count). The summed E-state index contributed by atoms with van der Waals surface area (Å²) >= 11 is 0. The second kappa shape index (κ2) is 57.7. The van der Waals surface area contributed by atoms with Crippen LogP contribution in [0.4, 0.5) is 0 Å². The van der Waals surface area contributed by atoms with Gasteiger partial charge in [-0.05, 0) is 77.0 Å². The quantitative estimate of drug-likeness (QED) is 0.0244. The fourth-order valence-electron chi connectivity index (χ4n) is 9.49. The van der Waals surface area contributed by atoms with Gasteiger partial charge in [0.15, 0.2) is 0 Å². The highest BCUT2D eigenvalue weighted by molar-refractivity contribution is 5.77. The highest BCUT2D eigenvalue weighted by Crippen LogP contribution is 2.19. The molecule has 0 bridgehead atoms. The van der Waals surface area contributed by atoms with Gasteiger partial charge in [-0.25, -0.2) is 0 Å². The maximum absolute atomic E-state index is 13.3. The van der Waals surface area contributed by atoms with Crippen molar-refractivity contribution in [1.82, 2.24) is 5.32 Å². The summed E-state index contributed by atoms with van der Waals surface area (Å²) in [6, 6.07) is -0.708. The normalized spacial score (nSPS) is 13.4. The van der Waals surface area contributed by atoms with Crippen LogP contribution in [0.3, 0.4) is 0 Å². The van der Waals surface area contributed by atoms with E-state index in [1.165, 1.54) is 199 Å². The molecule has 0 spiro atoms. The van der Waals surface area contributed by atoms with E-state index in [1.807, 2.05) is 0 Å². The minimum atomic E-state index is -0.794. The zero-order valence-electron chi connectivity index (χ0n) is 46.9. The van der Waals surface area contributed by atoms with Crippen molar-refractivity contribution in [2.75, 3.05) is 6.61 Å². The first-order valence-electron chi connectivity index (χ1n) is 30.9. The van der Waals surface area contributed by atoms with Crippen LogP contribution in [0.25, 0.3) is 0 Å². The molecule has 0 heterocycles. The van der Waals surface area contributed by atoms with Crippen molar-refractivity contribution in [3.8, 4) is 0 Å². The number of aliphatic hydroxyl groups excluding tert-OH is 2. The number of hydrogen-bond acceptors (Lipinski definition) is 5. The molecule has 0 aromatic rings. The van der Waals surface area contributed by atoms with Gasteiger partial charge in [0.1, 0.15) is 6.10 Å². The molecule has 3 N–H and O–H groups in total. The van der Waals surface area contributed by atoms with Crippen molar-refractivity contribution in [2.24, 2.45) is 0 Å². The number of hydrogen-bond donors (Lipinski definition) is 3. The van der Waals surface area contributed by atoms with E-state index in [2.05, 4.69) is 74.7 Å². The van der Waals surface area contributed by atoms with Gasteiger partial charge in [-0.1, -0.05) is 281 Å². The first-order valence-corrected chi connectivity index (χ1v) is 30.9. The van der Waals surface area contributed by atoms with Gasteiger partial charge in [0, 0.05) is 6.42 Å². The van der Waals surface area contributed by atoms with Gasteiger partial charge in [0.25, 0.3) is 0 Å². The topological polar surface area (TPSA) is 95.9 Å². The van der Waals surface area contributed by atoms with Crippen LogP contribution < -0.4 is 5.32 Å². The largest absolute Gasteiger partial charge is 0.462 e. The zero-order chi connectivity index (χ0) is 50.9. The Hall–Kier alpha value is -2.18. The Morgan fingerprint density at radius 2 is 0.743 bits per heavy atom. The van der Waals surface area contributed by atoms with E-state index in [0.717, 1.165) is 77.0 Å². The van der Waals surface area contributed by atoms with Gasteiger partial charge in [0.05, 0.1) is 25.2 Å². The van der Waals surface area contributed by atoms with Crippen LogP contribution in [0.1, 0.15) is 323 Å². The summed E-state index contributed by atoms with van der Waals surface area (Å²) in [6.45, 7) is 6.50. The lowest BCUT2D eigenvalue weighted by molar-refractivity contribution is -0.151. The highest BCUT2D eigenvalue weighted by atomic mass is 16.5. The molecule has 0 fully saturated rings. The summed E-state index contributed by atoms with van der Waals surface area (Å²) in [5.74, 6) is -0.487. The minimum Gasteiger partial charge on any atom is -0.462 e. The van der Waals surface area contributed by atoms with Gasteiger partial charge in [-0.2, -0.15) is 0 Å². The molecule has 0 saturated carbocycles. The second-order valence-electron chi connectivity index (χ2n) is 21.2. The van der Waals surface area contributed by atoms with Crippen molar-refractivity contribution in [1.29, 1.82) is 0 Å². The van der Waals surface area contributed by atoms with Crippen molar-refractivity contribution >= 4 is 11.9 Å². The highest BCUT2D eigenvalue weighted by Gasteiger charge is 2.24. The molecule has 0 aliphatic heterocycles. The van der Waals surface area contributed by atoms with Gasteiger partial charge >= 0.3 is 5.97 Å². The summed E-state index contributed by atoms with van der Waals surface area (Å²) in [5, 5.41) is 24.0. The minimum absolute atomic E-state index is 0.0680. The summed E-state index contributed by atoms with van der Waals surface area (Å²) in [5.41, 5.74) is 0. The molecule has 3 unspecified atom stereocenters. The van der Waals surface area contributed by atoms with E-state index in [4.69, 9.17) is 4.74 Å². The molecule has 0 radical (unpaired) electrons. The lowest BCUT2D eigenvalue weighted by Crippen LogP contribution is -2.46. The van der Waals surface area contributed by atoms with Crippen LogP contribution in [0.15, 0.2) is 48.6 Å². The Morgan fingerprint density at radius 3 is 1.13 bits per heavy atom. The lowest BCUT2D eigenvalue weighted by atomic mass is 10.0. The molecule has 0 aromatic carbocycles. The molecule has 0 aliphatic rings. The summed E-state index contributed by atoms with van der Waals surface area (Å²) in [4.78, 5) is 26.4. The number of carbonyl (C=O) groups excluding carboxylic acids is 2. The van der Waals surface area contributed by atoms with E-state index in [9.17, 15) is 19.8 Å². The van der Waals surface area contributed by atoms with E-state index in [0.29, 0.717) is 19.3 Å². The Labute approximate surface area is 436 Å². The van der Waals surface area contributed by atoms with Gasteiger partial charge < -0.3 is 20.3 Å². The number of ether oxygens (including phenoxy) is 1. The standard InChI is InChI=1S/C64H119NO5/c1-4-7-10-13-16-19-22-25-28-31-33-36-39-42-45-48-51-54-57-64(69)70-60(55-52-49-46-43-40-37-34-32-29-26-23-20-17-14-11-8-5-2)58-63(68)65-61(59-66)62(67)56-53-50-47-44-41-38-35-30-27-24-21-18-15-12-9-6-3/h22,25-26,28-29,31,33,36,60-62,66-67H,4-21,23-24,27,30,32,34-35,37-59H2,1-3H3,(H,65,68)/b25-22+,29-26+,31-28+,36-33+. The third-order valence-electron chi connectivity index (χ3n) is 14.2. The smallest absolute Gasteiger partial charge is 0.306 e. The average molecular weight is 983 g/mol. The van der Waals surface area contributed by atoms with Crippen molar-refractivity contribution in [2.45, 2.75) is 341 Å². The molecule has 70 heavy (non-hydrogen) atoms. The predicted octanol–water partition coefficient (Wildman–Crippen LogP) is 19.4. The lowest BCUT2D eigenvalue weighted by Gasteiger charge is -2.24. The van der Waals surface area contributed by atoms with Crippen LogP contribution in [0.5, 0.6) is 0 Å². The van der Waals surface area contributed by atoms with Gasteiger partial charge in [0.2, 0.25) is 5.91 Å². The third-order valence-corrected chi connectivity index (χ3v) is 14.2. The van der Waals surface area contributed by atoms with Crippen molar-refractivity contribution in [3.05, 3.63) is 48.6 Å². The zero-order valence-corrected chi connectivity index (χ0v) is 46.9. The number of esters is 1. The average Bonchev–Trinajstić information content (AvgIpc) is 3.35. The summed E-state index contributed by atoms with van der Waals surface area (Å²) in [7, 11) is 0. The van der Waals surface area contributed by atoms with Crippen LogP contribution >= 0.6 is 0 Å². The van der Waals surface area contributed by atoms with Crippen LogP contribution in [0, 0.1) is 0 Å². The number of unbranched alkanes of at least 4 members (excludes halogenated alkanes) is 38. The van der Waals surface area contributed by atoms with Crippen molar-refractivity contribution < 1.29 is 24.5 Å². The SMILES string of the molecule is CCCCCCC/C=C/C=C/C=C/CCCCCCCC(=O)OC(CCCCCCCCC/C=C/CCCCCCCC)CC(=O)NC(CO)C(O)CCCCCCCCCCCCCCCCCC. The fourth-order valence-corrected chi connectivity index (χ4v) is 9.49. The van der Waals surface area contributed by atoms with Crippen LogP contribution in [0.2, 0.25) is 0 Å². The maximum atomic E-state index is 13.3. The van der Waals surface area contributed by atoms with Gasteiger partial charge in [-0.3, -0.25) is 9.59 Å². The molecular weight excluding hydrogens is 863 g/mol. The molecular formula is C64H119NO5. The number of rotatable bonds is 56. The van der Waals surface area contributed by atoms with E-state index in [-0.39, 0.29) is 24.9 Å². The first kappa shape index (κ1) is 67.8.